The quantitative estimate of drug-likeness (QED) is 0.176. The highest BCUT2D eigenvalue weighted by atomic mass is 16.3. The third kappa shape index (κ3) is 4.81. The average Bonchev–Trinajstić information content (AvgIpc) is 3.57. The Labute approximate surface area is 288 Å². The van der Waals surface area contributed by atoms with E-state index in [-0.39, 0.29) is 0 Å². The summed E-state index contributed by atoms with van der Waals surface area (Å²) in [5.74, 6) is 1.27. The van der Waals surface area contributed by atoms with Crippen LogP contribution in [0, 0.1) is 0 Å². The Morgan fingerprint density at radius 2 is 0.980 bits per heavy atom. The molecule has 10 rings (SSSR count). The van der Waals surface area contributed by atoms with Crippen molar-refractivity contribution in [2.75, 3.05) is 0 Å². The van der Waals surface area contributed by atoms with Gasteiger partial charge >= 0.3 is 0 Å². The minimum absolute atomic E-state index is 0.627. The number of hydrogen-bond donors (Lipinski definition) is 0. The van der Waals surface area contributed by atoms with Gasteiger partial charge in [0.1, 0.15) is 11.2 Å². The van der Waals surface area contributed by atoms with Crippen molar-refractivity contribution in [1.82, 2.24) is 0 Å². The SMILES string of the molecule is c1cc(-c2ccc3c(C4CCCCC4)c4ccccc4c(C4CCCCC4)c3c2)cc(-c2cc3ccccc3c3c2oc2ccccc23)c1. The van der Waals surface area contributed by atoms with Gasteiger partial charge in [0, 0.05) is 16.3 Å². The molecular weight excluding hydrogens is 593 g/mol. The van der Waals surface area contributed by atoms with E-state index in [0.717, 1.165) is 16.7 Å². The van der Waals surface area contributed by atoms with Crippen LogP contribution in [0.2, 0.25) is 0 Å². The van der Waals surface area contributed by atoms with E-state index >= 15 is 0 Å². The molecule has 2 fully saturated rings. The standard InChI is InChI=1S/C48H42O/c1-3-14-31(15-4-1)45-38-22-9-10-23-39(38)46(32-16-5-2-6-17-32)43-29-34(26-27-40(43)45)33-19-13-20-35(28-33)42-30-36-18-7-8-21-37(36)47-41-24-11-12-25-44(41)49-48(42)47/h7-13,18-32H,1-6,14-17H2. The molecule has 0 bridgehead atoms. The van der Waals surface area contributed by atoms with Crippen LogP contribution in [0.5, 0.6) is 0 Å². The van der Waals surface area contributed by atoms with Crippen molar-refractivity contribution in [3.8, 4) is 22.3 Å². The van der Waals surface area contributed by atoms with Gasteiger partial charge in [0.25, 0.3) is 0 Å². The summed E-state index contributed by atoms with van der Waals surface area (Å²) in [5, 5.41) is 10.9. The molecule has 1 aromatic heterocycles. The summed E-state index contributed by atoms with van der Waals surface area (Å²) >= 11 is 0. The Balaban J connectivity index is 1.19. The molecule has 8 aromatic rings. The molecular formula is C48H42O. The minimum Gasteiger partial charge on any atom is -0.455 e. The molecule has 7 aromatic carbocycles. The molecule has 0 saturated heterocycles. The smallest absolute Gasteiger partial charge is 0.143 e. The number of rotatable bonds is 4. The van der Waals surface area contributed by atoms with Gasteiger partial charge in [-0.15, -0.1) is 0 Å². The van der Waals surface area contributed by atoms with Crippen LogP contribution >= 0.6 is 0 Å². The fourth-order valence-corrected chi connectivity index (χ4v) is 9.74. The Bertz CT molecular complexity index is 2520. The second kappa shape index (κ2) is 11.9. The number of benzene rings is 7. The molecule has 240 valence electrons. The first-order valence-electron chi connectivity index (χ1n) is 18.7. The van der Waals surface area contributed by atoms with Crippen molar-refractivity contribution < 1.29 is 4.42 Å². The van der Waals surface area contributed by atoms with Gasteiger partial charge in [-0.3, -0.25) is 0 Å². The molecule has 1 heterocycles. The minimum atomic E-state index is 0.627. The van der Waals surface area contributed by atoms with Crippen molar-refractivity contribution in [3.63, 3.8) is 0 Å². The zero-order valence-electron chi connectivity index (χ0n) is 28.2. The Morgan fingerprint density at radius 3 is 1.71 bits per heavy atom. The van der Waals surface area contributed by atoms with Crippen LogP contribution in [0.3, 0.4) is 0 Å². The lowest BCUT2D eigenvalue weighted by molar-refractivity contribution is 0.445. The maximum atomic E-state index is 6.64. The summed E-state index contributed by atoms with van der Waals surface area (Å²) in [6.45, 7) is 0. The van der Waals surface area contributed by atoms with Crippen molar-refractivity contribution in [1.29, 1.82) is 0 Å². The Hall–Kier alpha value is -4.88. The van der Waals surface area contributed by atoms with E-state index in [4.69, 9.17) is 4.42 Å². The molecule has 0 spiro atoms. The normalized spacial score (nSPS) is 16.4. The maximum Gasteiger partial charge on any atom is 0.143 e. The first-order valence-corrected chi connectivity index (χ1v) is 18.7. The molecule has 49 heavy (non-hydrogen) atoms. The van der Waals surface area contributed by atoms with E-state index < -0.39 is 0 Å². The number of hydrogen-bond acceptors (Lipinski definition) is 1. The third-order valence-electron chi connectivity index (χ3n) is 12.0. The monoisotopic (exact) mass is 634 g/mol. The Kier molecular flexibility index (Phi) is 7.07. The topological polar surface area (TPSA) is 13.1 Å². The maximum absolute atomic E-state index is 6.64. The van der Waals surface area contributed by atoms with Crippen LogP contribution in [0.25, 0.3) is 76.5 Å². The molecule has 1 nitrogen and oxygen atoms in total. The van der Waals surface area contributed by atoms with Crippen molar-refractivity contribution in [3.05, 3.63) is 132 Å². The zero-order chi connectivity index (χ0) is 32.3. The predicted octanol–water partition coefficient (Wildman–Crippen LogP) is 14.5. The highest BCUT2D eigenvalue weighted by molar-refractivity contribution is 6.22. The highest BCUT2D eigenvalue weighted by Crippen LogP contribution is 2.48. The molecule has 0 amide bonds. The van der Waals surface area contributed by atoms with E-state index in [0.29, 0.717) is 11.8 Å². The van der Waals surface area contributed by atoms with Gasteiger partial charge in [-0.2, -0.15) is 0 Å². The number of furan rings is 1. The van der Waals surface area contributed by atoms with E-state index in [9.17, 15) is 0 Å². The second-order valence-electron chi connectivity index (χ2n) is 14.8. The lowest BCUT2D eigenvalue weighted by atomic mass is 9.74. The lowest BCUT2D eigenvalue weighted by Gasteiger charge is -2.30. The van der Waals surface area contributed by atoms with Crippen LogP contribution in [-0.4, -0.2) is 0 Å². The van der Waals surface area contributed by atoms with Crippen molar-refractivity contribution in [2.45, 2.75) is 76.0 Å². The Morgan fingerprint density at radius 1 is 0.408 bits per heavy atom. The summed E-state index contributed by atoms with van der Waals surface area (Å²) in [5.41, 5.74) is 10.1. The highest BCUT2D eigenvalue weighted by Gasteiger charge is 2.27. The van der Waals surface area contributed by atoms with Gasteiger partial charge in [-0.05, 0) is 122 Å². The number of para-hydroxylation sites is 1. The molecule has 2 aliphatic rings. The van der Waals surface area contributed by atoms with Crippen LogP contribution in [0.15, 0.2) is 126 Å². The summed E-state index contributed by atoms with van der Waals surface area (Å²) in [6, 6.07) is 45.6. The van der Waals surface area contributed by atoms with E-state index in [1.54, 1.807) is 11.1 Å². The van der Waals surface area contributed by atoms with Crippen LogP contribution in [0.4, 0.5) is 0 Å². The first kappa shape index (κ1) is 29.1. The zero-order valence-corrected chi connectivity index (χ0v) is 28.2. The van der Waals surface area contributed by atoms with Crippen LogP contribution in [-0.2, 0) is 0 Å². The van der Waals surface area contributed by atoms with E-state index in [1.807, 2.05) is 0 Å². The fourth-order valence-electron chi connectivity index (χ4n) is 9.74. The van der Waals surface area contributed by atoms with Gasteiger partial charge in [0.05, 0.1) is 0 Å². The first-order chi connectivity index (χ1) is 24.3. The van der Waals surface area contributed by atoms with E-state index in [2.05, 4.69) is 121 Å². The summed E-state index contributed by atoms with van der Waals surface area (Å²) in [4.78, 5) is 0. The molecule has 0 radical (unpaired) electrons. The molecule has 0 atom stereocenters. The fraction of sp³-hybridized carbons (Fsp3) is 0.250. The average molecular weight is 635 g/mol. The number of fused-ring (bicyclic) bond motifs is 7. The van der Waals surface area contributed by atoms with Gasteiger partial charge in [-0.25, -0.2) is 0 Å². The molecule has 2 saturated carbocycles. The molecule has 2 aliphatic carbocycles. The lowest BCUT2D eigenvalue weighted by Crippen LogP contribution is -2.10. The molecule has 1 heteroatoms. The molecule has 0 unspecified atom stereocenters. The molecule has 0 N–H and O–H groups in total. The van der Waals surface area contributed by atoms with Gasteiger partial charge < -0.3 is 4.42 Å². The summed E-state index contributed by atoms with van der Waals surface area (Å²) < 4.78 is 6.64. The van der Waals surface area contributed by atoms with Gasteiger partial charge in [0.15, 0.2) is 0 Å². The van der Waals surface area contributed by atoms with Crippen molar-refractivity contribution >= 4 is 54.3 Å². The summed E-state index contributed by atoms with van der Waals surface area (Å²) in [6.07, 6.45) is 13.4. The van der Waals surface area contributed by atoms with Gasteiger partial charge in [0.2, 0.25) is 0 Å². The van der Waals surface area contributed by atoms with Crippen LogP contribution < -0.4 is 0 Å². The van der Waals surface area contributed by atoms with E-state index in [1.165, 1.54) is 124 Å². The van der Waals surface area contributed by atoms with Gasteiger partial charge in [-0.1, -0.05) is 136 Å². The summed E-state index contributed by atoms with van der Waals surface area (Å²) in [7, 11) is 0. The van der Waals surface area contributed by atoms with Crippen LogP contribution in [0.1, 0.15) is 87.2 Å². The van der Waals surface area contributed by atoms with Crippen molar-refractivity contribution in [2.24, 2.45) is 0 Å². The molecule has 0 aliphatic heterocycles. The second-order valence-corrected chi connectivity index (χ2v) is 14.8. The predicted molar refractivity (Wildman–Crippen MR) is 209 cm³/mol. The third-order valence-corrected chi connectivity index (χ3v) is 12.0. The largest absolute Gasteiger partial charge is 0.455 e.